The minimum Gasteiger partial charge on any atom is -0.465 e. The lowest BCUT2D eigenvalue weighted by molar-refractivity contribution is -0.146. The van der Waals surface area contributed by atoms with Crippen molar-refractivity contribution in [2.45, 2.75) is 26.2 Å². The van der Waals surface area contributed by atoms with Gasteiger partial charge in [-0.25, -0.2) is 4.39 Å². The molecule has 1 atom stereocenters. The average Bonchev–Trinajstić information content (AvgIpc) is 2.66. The molecule has 0 aliphatic heterocycles. The van der Waals surface area contributed by atoms with Crippen molar-refractivity contribution in [1.82, 2.24) is 0 Å². The Morgan fingerprint density at radius 3 is 3.00 bits per heavy atom. The molecule has 0 radical (unpaired) electrons. The molecule has 0 heterocycles. The first-order valence-electron chi connectivity index (χ1n) is 6.12. The van der Waals surface area contributed by atoms with Crippen LogP contribution in [0.4, 0.5) is 4.39 Å². The summed E-state index contributed by atoms with van der Waals surface area (Å²) in [4.78, 5) is 23.7. The summed E-state index contributed by atoms with van der Waals surface area (Å²) in [6.45, 7) is 2.33. The smallest absolute Gasteiger partial charge is 0.317 e. The van der Waals surface area contributed by atoms with Crippen LogP contribution in [0.15, 0.2) is 18.2 Å². The Kier molecular flexibility index (Phi) is 3.75. The zero-order chi connectivity index (χ0) is 13.1. The van der Waals surface area contributed by atoms with Crippen LogP contribution in [-0.2, 0) is 16.0 Å². The third kappa shape index (κ3) is 2.42. The predicted octanol–water partition coefficient (Wildman–Crippen LogP) is 2.52. The Morgan fingerprint density at radius 2 is 2.28 bits per heavy atom. The topological polar surface area (TPSA) is 43.4 Å². The van der Waals surface area contributed by atoms with E-state index >= 15 is 0 Å². The Labute approximate surface area is 105 Å². The van der Waals surface area contributed by atoms with Crippen molar-refractivity contribution in [3.63, 3.8) is 0 Å². The lowest BCUT2D eigenvalue weighted by Gasteiger charge is -2.07. The van der Waals surface area contributed by atoms with Crippen LogP contribution in [0.25, 0.3) is 0 Å². The normalized spacial score (nSPS) is 17.7. The number of rotatable bonds is 4. The molecule has 0 spiro atoms. The fraction of sp³-hybridized carbons (Fsp3) is 0.429. The van der Waals surface area contributed by atoms with Gasteiger partial charge in [-0.2, -0.15) is 0 Å². The van der Waals surface area contributed by atoms with Gasteiger partial charge in [-0.1, -0.05) is 13.3 Å². The number of carbonyl (C=O) groups excluding carboxylic acids is 2. The van der Waals surface area contributed by atoms with E-state index in [9.17, 15) is 14.0 Å². The number of ether oxygens (including phenoxy) is 1. The minimum atomic E-state index is -0.793. The van der Waals surface area contributed by atoms with Gasteiger partial charge in [0.25, 0.3) is 0 Å². The molecule has 1 aliphatic rings. The summed E-state index contributed by atoms with van der Waals surface area (Å²) in [6, 6.07) is 3.99. The first kappa shape index (κ1) is 12.7. The van der Waals surface area contributed by atoms with E-state index < -0.39 is 11.9 Å². The van der Waals surface area contributed by atoms with Crippen molar-refractivity contribution in [3.8, 4) is 0 Å². The van der Waals surface area contributed by atoms with Crippen molar-refractivity contribution in [2.24, 2.45) is 5.92 Å². The molecule has 0 amide bonds. The number of hydrogen-bond donors (Lipinski definition) is 0. The molecule has 1 aromatic carbocycles. The standard InChI is InChI=1S/C14H15FO3/c1-2-3-6-18-14(17)12-8-9-7-10(15)4-5-11(9)13(12)16/h4-5,7,12H,2-3,6,8H2,1H3. The number of halogens is 1. The third-order valence-electron chi connectivity index (χ3n) is 3.10. The fourth-order valence-corrected chi connectivity index (χ4v) is 2.08. The van der Waals surface area contributed by atoms with Crippen molar-refractivity contribution < 1.29 is 18.7 Å². The maximum Gasteiger partial charge on any atom is 0.317 e. The second-order valence-corrected chi connectivity index (χ2v) is 4.44. The average molecular weight is 250 g/mol. The number of esters is 1. The molecule has 2 rings (SSSR count). The molecular weight excluding hydrogens is 235 g/mol. The van der Waals surface area contributed by atoms with Crippen molar-refractivity contribution in [1.29, 1.82) is 0 Å². The highest BCUT2D eigenvalue weighted by Crippen LogP contribution is 2.28. The number of hydrogen-bond acceptors (Lipinski definition) is 3. The molecule has 0 saturated carbocycles. The van der Waals surface area contributed by atoms with E-state index in [1.54, 1.807) is 0 Å². The molecule has 0 fully saturated rings. The first-order chi connectivity index (χ1) is 8.63. The highest BCUT2D eigenvalue weighted by molar-refractivity contribution is 6.12. The van der Waals surface area contributed by atoms with Crippen LogP contribution >= 0.6 is 0 Å². The molecule has 3 nitrogen and oxygen atoms in total. The zero-order valence-electron chi connectivity index (χ0n) is 10.2. The quantitative estimate of drug-likeness (QED) is 0.468. The molecular formula is C14H15FO3. The number of fused-ring (bicyclic) bond motifs is 1. The molecule has 4 heteroatoms. The van der Waals surface area contributed by atoms with Crippen LogP contribution in [0.3, 0.4) is 0 Å². The van der Waals surface area contributed by atoms with Gasteiger partial charge in [0.05, 0.1) is 6.61 Å². The van der Waals surface area contributed by atoms with Crippen LogP contribution in [0, 0.1) is 11.7 Å². The van der Waals surface area contributed by atoms with Crippen molar-refractivity contribution >= 4 is 11.8 Å². The summed E-state index contributed by atoms with van der Waals surface area (Å²) in [7, 11) is 0. The monoisotopic (exact) mass is 250 g/mol. The van der Waals surface area contributed by atoms with Gasteiger partial charge in [-0.3, -0.25) is 9.59 Å². The second kappa shape index (κ2) is 5.29. The van der Waals surface area contributed by atoms with Crippen LogP contribution in [0.1, 0.15) is 35.7 Å². The second-order valence-electron chi connectivity index (χ2n) is 4.44. The highest BCUT2D eigenvalue weighted by atomic mass is 19.1. The van der Waals surface area contributed by atoms with Gasteiger partial charge in [-0.15, -0.1) is 0 Å². The van der Waals surface area contributed by atoms with E-state index in [-0.39, 0.29) is 18.0 Å². The predicted molar refractivity (Wildman–Crippen MR) is 63.8 cm³/mol. The van der Waals surface area contributed by atoms with E-state index in [1.807, 2.05) is 6.92 Å². The van der Waals surface area contributed by atoms with Gasteiger partial charge >= 0.3 is 5.97 Å². The number of unbranched alkanes of at least 4 members (excludes halogenated alkanes) is 1. The van der Waals surface area contributed by atoms with Gasteiger partial charge in [0.2, 0.25) is 0 Å². The van der Waals surface area contributed by atoms with Crippen LogP contribution < -0.4 is 0 Å². The summed E-state index contributed by atoms with van der Waals surface area (Å²) >= 11 is 0. The van der Waals surface area contributed by atoms with Crippen molar-refractivity contribution in [2.75, 3.05) is 6.61 Å². The number of Topliss-reactive ketones (excluding diaryl/α,β-unsaturated/α-hetero) is 1. The third-order valence-corrected chi connectivity index (χ3v) is 3.10. The van der Waals surface area contributed by atoms with E-state index in [1.165, 1.54) is 18.2 Å². The molecule has 0 aromatic heterocycles. The fourth-order valence-electron chi connectivity index (χ4n) is 2.08. The molecule has 0 saturated heterocycles. The van der Waals surface area contributed by atoms with Gasteiger partial charge in [0.15, 0.2) is 5.78 Å². The van der Waals surface area contributed by atoms with Crippen LogP contribution in [0.2, 0.25) is 0 Å². The molecule has 18 heavy (non-hydrogen) atoms. The maximum atomic E-state index is 13.0. The molecule has 0 N–H and O–H groups in total. The highest BCUT2D eigenvalue weighted by Gasteiger charge is 2.36. The number of carbonyl (C=O) groups is 2. The Bertz CT molecular complexity index is 482. The van der Waals surface area contributed by atoms with Crippen LogP contribution in [-0.4, -0.2) is 18.4 Å². The summed E-state index contributed by atoms with van der Waals surface area (Å²) in [5, 5.41) is 0. The van der Waals surface area contributed by atoms with E-state index in [2.05, 4.69) is 0 Å². The largest absolute Gasteiger partial charge is 0.465 e. The molecule has 1 aliphatic carbocycles. The number of ketones is 1. The zero-order valence-corrected chi connectivity index (χ0v) is 10.2. The Morgan fingerprint density at radius 1 is 1.50 bits per heavy atom. The summed E-state index contributed by atoms with van der Waals surface area (Å²) in [5.74, 6) is -1.93. The Hall–Kier alpha value is -1.71. The van der Waals surface area contributed by atoms with E-state index in [0.29, 0.717) is 17.7 Å². The van der Waals surface area contributed by atoms with E-state index in [0.717, 1.165) is 12.8 Å². The lowest BCUT2D eigenvalue weighted by Crippen LogP contribution is -2.23. The number of benzene rings is 1. The summed E-state index contributed by atoms with van der Waals surface area (Å²) < 4.78 is 18.1. The Balaban J connectivity index is 2.06. The molecule has 0 bridgehead atoms. The van der Waals surface area contributed by atoms with Crippen LogP contribution in [0.5, 0.6) is 0 Å². The van der Waals surface area contributed by atoms with E-state index in [4.69, 9.17) is 4.74 Å². The minimum absolute atomic E-state index is 0.247. The van der Waals surface area contributed by atoms with Gasteiger partial charge < -0.3 is 4.74 Å². The summed E-state index contributed by atoms with van der Waals surface area (Å²) in [6.07, 6.45) is 1.96. The molecule has 96 valence electrons. The maximum absolute atomic E-state index is 13.0. The van der Waals surface area contributed by atoms with Gasteiger partial charge in [0.1, 0.15) is 11.7 Å². The van der Waals surface area contributed by atoms with Gasteiger partial charge in [0, 0.05) is 5.56 Å². The molecule has 1 aromatic rings. The van der Waals surface area contributed by atoms with Crippen molar-refractivity contribution in [3.05, 3.63) is 35.1 Å². The summed E-state index contributed by atoms with van der Waals surface area (Å²) in [5.41, 5.74) is 1.03. The lowest BCUT2D eigenvalue weighted by atomic mass is 10.1. The molecule has 1 unspecified atom stereocenters. The SMILES string of the molecule is CCCCOC(=O)C1Cc2cc(F)ccc2C1=O. The van der Waals surface area contributed by atoms with Gasteiger partial charge in [-0.05, 0) is 36.6 Å². The first-order valence-corrected chi connectivity index (χ1v) is 6.12.